The second-order valence-electron chi connectivity index (χ2n) is 23.5. The van der Waals surface area contributed by atoms with E-state index in [1.54, 1.807) is 106 Å². The topological polar surface area (TPSA) is 297 Å². The predicted octanol–water partition coefficient (Wildman–Crippen LogP) is 12.6. The molecule has 0 aliphatic rings. The first-order valence-electron chi connectivity index (χ1n) is 29.3. The van der Waals surface area contributed by atoms with Gasteiger partial charge in [-0.3, -0.25) is 24.0 Å². The molecule has 470 valence electrons. The Morgan fingerprint density at radius 2 is 1.03 bits per heavy atom. The number of ether oxygens (including phenoxy) is 4. The van der Waals surface area contributed by atoms with E-state index in [4.69, 9.17) is 24.7 Å². The second kappa shape index (κ2) is 28.9. The number of hydrogen-bond acceptors (Lipinski definition) is 16. The van der Waals surface area contributed by atoms with Crippen molar-refractivity contribution in [1.29, 1.82) is 0 Å². The number of amides is 4. The van der Waals surface area contributed by atoms with E-state index in [0.29, 0.717) is 89.6 Å². The van der Waals surface area contributed by atoms with Gasteiger partial charge < -0.3 is 56.4 Å². The molecule has 0 atom stereocenters. The number of nitrogen functional groups attached to an aromatic ring is 1. The van der Waals surface area contributed by atoms with Crippen LogP contribution in [0, 0.1) is 10.8 Å². The highest BCUT2D eigenvalue weighted by Crippen LogP contribution is 2.34. The van der Waals surface area contributed by atoms with E-state index >= 15 is 0 Å². The number of nitrogens with one attached hydrogen (secondary N) is 5. The number of carbonyl (C=O) groups excluding carboxylic acids is 5. The van der Waals surface area contributed by atoms with Crippen molar-refractivity contribution in [3.63, 3.8) is 0 Å². The molecule has 9 rings (SSSR count). The van der Waals surface area contributed by atoms with Crippen LogP contribution < -0.4 is 51.3 Å². The fourth-order valence-electron chi connectivity index (χ4n) is 9.56. The minimum absolute atomic E-state index is 0.0345. The monoisotopic (exact) mass is 1230 g/mol. The Balaban J connectivity index is 0.000000242. The lowest BCUT2D eigenvalue weighted by molar-refractivity contribution is 0.0696. The van der Waals surface area contributed by atoms with E-state index in [0.717, 1.165) is 27.1 Å². The molecule has 0 aliphatic carbocycles. The van der Waals surface area contributed by atoms with Crippen molar-refractivity contribution in [1.82, 2.24) is 30.6 Å². The molecule has 0 bridgehead atoms. The Kier molecular flexibility index (Phi) is 21.0. The summed E-state index contributed by atoms with van der Waals surface area (Å²) in [6.07, 6.45) is 3.28. The number of aromatic nitrogens is 4. The molecule has 0 aliphatic heterocycles. The molecule has 8 N–H and O–H groups in total. The van der Waals surface area contributed by atoms with Gasteiger partial charge in [-0.2, -0.15) is 0 Å². The maximum Gasteiger partial charge on any atom is 0.336 e. The highest BCUT2D eigenvalue weighted by Gasteiger charge is 2.26. The lowest BCUT2D eigenvalue weighted by atomic mass is 9.93. The maximum atomic E-state index is 13.9. The molecule has 0 saturated heterocycles. The van der Waals surface area contributed by atoms with E-state index in [1.165, 1.54) is 25.1 Å². The number of carboxylic acid groups (broad SMARTS) is 1. The summed E-state index contributed by atoms with van der Waals surface area (Å²) in [7, 11) is 3.22. The van der Waals surface area contributed by atoms with Gasteiger partial charge in [0.25, 0.3) is 23.6 Å². The molecule has 9 aromatic rings. The van der Waals surface area contributed by atoms with Crippen LogP contribution in [-0.4, -0.2) is 101 Å². The molecule has 0 radical (unpaired) electrons. The van der Waals surface area contributed by atoms with Gasteiger partial charge in [0.2, 0.25) is 11.8 Å². The highest BCUT2D eigenvalue weighted by atomic mass is 16.5. The molecule has 21 nitrogen and oxygen atoms in total. The number of fused-ring (bicyclic) bond motifs is 2. The Hall–Kier alpha value is -11.0. The van der Waals surface area contributed by atoms with Gasteiger partial charge in [-0.25, -0.2) is 24.7 Å². The van der Waals surface area contributed by atoms with Crippen LogP contribution >= 0.6 is 0 Å². The van der Waals surface area contributed by atoms with Crippen LogP contribution in [0.25, 0.3) is 43.8 Å². The van der Waals surface area contributed by atoms with E-state index in [-0.39, 0.29) is 73.8 Å². The number of nitrogens with two attached hydrogens (primary N) is 1. The Labute approximate surface area is 527 Å². The van der Waals surface area contributed by atoms with Crippen LogP contribution in [0.1, 0.15) is 130 Å². The normalized spacial score (nSPS) is 11.2. The van der Waals surface area contributed by atoms with Gasteiger partial charge in [0.15, 0.2) is 5.78 Å². The van der Waals surface area contributed by atoms with Crippen LogP contribution in [-0.2, 0) is 6.54 Å². The molecule has 0 spiro atoms. The summed E-state index contributed by atoms with van der Waals surface area (Å²) in [5.41, 5.74) is 9.78. The molecule has 91 heavy (non-hydrogen) atoms. The number of anilines is 4. The van der Waals surface area contributed by atoms with Gasteiger partial charge >= 0.3 is 5.97 Å². The summed E-state index contributed by atoms with van der Waals surface area (Å²) < 4.78 is 22.0. The van der Waals surface area contributed by atoms with Crippen molar-refractivity contribution in [3.05, 3.63) is 179 Å². The number of pyridine rings is 4. The second-order valence-corrected chi connectivity index (χ2v) is 23.5. The number of Topliss-reactive ketones (excluding diaryl/α,β-unsaturated/α-hetero) is 1. The zero-order valence-corrected chi connectivity index (χ0v) is 52.7. The Morgan fingerprint density at radius 3 is 1.53 bits per heavy atom. The van der Waals surface area contributed by atoms with Gasteiger partial charge in [-0.15, -0.1) is 0 Å². The van der Waals surface area contributed by atoms with Crippen LogP contribution in [0.5, 0.6) is 23.3 Å². The Bertz CT molecular complexity index is 4230. The number of aromatic carboxylic acids is 1. The van der Waals surface area contributed by atoms with Gasteiger partial charge in [-0.1, -0.05) is 53.7 Å². The quantitative estimate of drug-likeness (QED) is 0.0329. The van der Waals surface area contributed by atoms with Crippen molar-refractivity contribution in [2.24, 2.45) is 10.8 Å². The van der Waals surface area contributed by atoms with Gasteiger partial charge in [0.1, 0.15) is 34.5 Å². The van der Waals surface area contributed by atoms with Crippen molar-refractivity contribution in [2.45, 2.75) is 68.9 Å². The smallest absolute Gasteiger partial charge is 0.336 e. The summed E-state index contributed by atoms with van der Waals surface area (Å²) in [6, 6.07) is 35.7. The summed E-state index contributed by atoms with van der Waals surface area (Å²) in [6.45, 7) is 19.1. The highest BCUT2D eigenvalue weighted by molar-refractivity contribution is 6.13. The SMILES string of the molecule is CCOc1ccc(-c2ccc(C(=O)NCC(C)(C)C)cc2C(=O)O)c(C(=O)Nc2ccc3c(N)nccc3c2)n1.CCOc1ccc(-c2ccc(C(=O)NCC(C)(C)C)cc2C(C)=O)c(C(=O)Nc2ccc3c(NCc4ccc(OC)cc4OC)nccc3c2)n1. The molecule has 4 aromatic heterocycles. The third-order valence-electron chi connectivity index (χ3n) is 14.1. The van der Waals surface area contributed by atoms with Crippen molar-refractivity contribution < 1.29 is 52.8 Å². The molecule has 0 fully saturated rings. The van der Waals surface area contributed by atoms with Gasteiger partial charge in [-0.05, 0) is 151 Å². The fraction of sp³-hybridized carbons (Fsp3) is 0.257. The first kappa shape index (κ1) is 66.0. The average molecular weight is 1230 g/mol. The average Bonchev–Trinajstić information content (AvgIpc) is 1.51. The number of methoxy groups -OCH3 is 2. The van der Waals surface area contributed by atoms with Crippen LogP contribution in [0.4, 0.5) is 23.0 Å². The number of nitrogens with zero attached hydrogens (tertiary/aromatic N) is 4. The molecule has 5 aromatic carbocycles. The number of ketones is 1. The summed E-state index contributed by atoms with van der Waals surface area (Å²) in [5, 5.41) is 28.2. The molecular formula is C70H74N10O11. The maximum absolute atomic E-state index is 13.9. The third kappa shape index (κ3) is 16.8. The van der Waals surface area contributed by atoms with E-state index in [2.05, 4.69) is 46.5 Å². The largest absolute Gasteiger partial charge is 0.497 e. The van der Waals surface area contributed by atoms with Crippen LogP contribution in [0.15, 0.2) is 140 Å². The zero-order valence-electron chi connectivity index (χ0n) is 52.7. The standard InChI is InChI=1S/C40H43N5O6.C30H31N5O5/c1-8-51-35-16-15-32(31-13-10-26(20-33(31)24(2)46)38(47)43-23-40(3,4)5)36(45-35)39(48)44-28-11-14-30-25(19-28)17-18-41-37(30)42-22-27-9-12-29(49-6)21-34(27)50-7;1-5-40-24-11-10-22(21-8-6-18(15-23(21)29(38)39)27(36)33-16-30(2,3)4)25(35-24)28(37)34-19-7-9-20-17(14-19)12-13-32-26(20)31/h9-21H,8,22-23H2,1-7H3,(H,41,42)(H,43,47)(H,44,48);6-15H,5,16H2,1-4H3,(H2,31,32)(H,33,36)(H,34,37)(H,38,39). The van der Waals surface area contributed by atoms with Crippen molar-refractivity contribution >= 4 is 79.9 Å². The lowest BCUT2D eigenvalue weighted by Crippen LogP contribution is -2.32. The third-order valence-corrected chi connectivity index (χ3v) is 14.1. The number of carboxylic acids is 1. The van der Waals surface area contributed by atoms with E-state index in [9.17, 15) is 33.9 Å². The van der Waals surface area contributed by atoms with Crippen LogP contribution in [0.2, 0.25) is 0 Å². The molecule has 4 heterocycles. The van der Waals surface area contributed by atoms with Crippen molar-refractivity contribution in [2.75, 3.05) is 62.2 Å². The first-order chi connectivity index (χ1) is 43.4. The van der Waals surface area contributed by atoms with E-state index in [1.807, 2.05) is 84.9 Å². The van der Waals surface area contributed by atoms with Crippen molar-refractivity contribution in [3.8, 4) is 45.5 Å². The molecule has 0 saturated carbocycles. The Morgan fingerprint density at radius 1 is 0.538 bits per heavy atom. The summed E-state index contributed by atoms with van der Waals surface area (Å²) in [5.74, 6) is -0.320. The zero-order chi connectivity index (χ0) is 65.7. The lowest BCUT2D eigenvalue weighted by Gasteiger charge is -2.19. The number of rotatable bonds is 21. The van der Waals surface area contributed by atoms with Gasteiger partial charge in [0, 0.05) is 106 Å². The predicted molar refractivity (Wildman–Crippen MR) is 353 cm³/mol. The number of hydrogen-bond donors (Lipinski definition) is 7. The fourth-order valence-corrected chi connectivity index (χ4v) is 9.56. The van der Waals surface area contributed by atoms with Crippen LogP contribution in [0.3, 0.4) is 0 Å². The molecule has 0 unspecified atom stereocenters. The minimum Gasteiger partial charge on any atom is -0.497 e. The van der Waals surface area contributed by atoms with E-state index < -0.39 is 17.8 Å². The summed E-state index contributed by atoms with van der Waals surface area (Å²) in [4.78, 5) is 95.9. The molecular weight excluding hydrogens is 1160 g/mol. The molecule has 21 heteroatoms. The summed E-state index contributed by atoms with van der Waals surface area (Å²) >= 11 is 0. The number of benzene rings is 5. The first-order valence-corrected chi connectivity index (χ1v) is 29.3. The molecule has 4 amide bonds. The minimum atomic E-state index is -1.25. The van der Waals surface area contributed by atoms with Gasteiger partial charge in [0.05, 0.1) is 33.0 Å². The number of carbonyl (C=O) groups is 6.